The van der Waals surface area contributed by atoms with E-state index < -0.39 is 18.1 Å². The van der Waals surface area contributed by atoms with Crippen molar-refractivity contribution >= 4 is 12.1 Å². The molecule has 0 aliphatic heterocycles. The van der Waals surface area contributed by atoms with E-state index in [0.29, 0.717) is 5.56 Å². The Balaban J connectivity index is 2.80. The zero-order valence-electron chi connectivity index (χ0n) is 8.42. The molecule has 5 heteroatoms. The largest absolute Gasteiger partial charge is 0.479 e. The molecule has 0 bridgehead atoms. The Morgan fingerprint density at radius 2 is 2.00 bits per heavy atom. The summed E-state index contributed by atoms with van der Waals surface area (Å²) in [5, 5.41) is 11.1. The SMILES string of the molecule is C=COC(=O)NC(C(=O)O)c1ccccc1. The van der Waals surface area contributed by atoms with E-state index in [4.69, 9.17) is 5.11 Å². The Labute approximate surface area is 92.3 Å². The summed E-state index contributed by atoms with van der Waals surface area (Å²) < 4.78 is 4.39. The number of benzene rings is 1. The molecule has 0 spiro atoms. The van der Waals surface area contributed by atoms with Gasteiger partial charge in [0, 0.05) is 0 Å². The fourth-order valence-electron chi connectivity index (χ4n) is 1.16. The highest BCUT2D eigenvalue weighted by Crippen LogP contribution is 2.12. The number of hydrogen-bond donors (Lipinski definition) is 2. The fraction of sp³-hybridized carbons (Fsp3) is 0.0909. The van der Waals surface area contributed by atoms with Gasteiger partial charge >= 0.3 is 12.1 Å². The summed E-state index contributed by atoms with van der Waals surface area (Å²) in [6.45, 7) is 3.20. The van der Waals surface area contributed by atoms with Crippen LogP contribution < -0.4 is 5.32 Å². The van der Waals surface area contributed by atoms with Gasteiger partial charge in [0.1, 0.15) is 0 Å². The molecule has 0 aliphatic carbocycles. The molecule has 0 heterocycles. The van der Waals surface area contributed by atoms with Crippen LogP contribution in [0, 0.1) is 0 Å². The average Bonchev–Trinajstić information content (AvgIpc) is 2.27. The van der Waals surface area contributed by atoms with Crippen molar-refractivity contribution in [1.82, 2.24) is 5.32 Å². The molecule has 1 rings (SSSR count). The molecule has 0 aliphatic rings. The van der Waals surface area contributed by atoms with Crippen LogP contribution in [0.5, 0.6) is 0 Å². The number of carboxylic acid groups (broad SMARTS) is 1. The maximum Gasteiger partial charge on any atom is 0.412 e. The van der Waals surface area contributed by atoms with E-state index >= 15 is 0 Å². The van der Waals surface area contributed by atoms with Crippen molar-refractivity contribution in [3.8, 4) is 0 Å². The van der Waals surface area contributed by atoms with E-state index in [1.165, 1.54) is 0 Å². The van der Waals surface area contributed by atoms with Gasteiger partial charge < -0.3 is 15.2 Å². The van der Waals surface area contributed by atoms with Crippen LogP contribution in [0.1, 0.15) is 11.6 Å². The number of hydrogen-bond acceptors (Lipinski definition) is 3. The van der Waals surface area contributed by atoms with Crippen molar-refractivity contribution in [2.24, 2.45) is 0 Å². The van der Waals surface area contributed by atoms with Crippen molar-refractivity contribution in [3.05, 3.63) is 48.7 Å². The van der Waals surface area contributed by atoms with Crippen molar-refractivity contribution in [1.29, 1.82) is 0 Å². The quantitative estimate of drug-likeness (QED) is 0.758. The van der Waals surface area contributed by atoms with Gasteiger partial charge in [-0.15, -0.1) is 0 Å². The van der Waals surface area contributed by atoms with Gasteiger partial charge in [-0.05, 0) is 5.56 Å². The Hall–Kier alpha value is -2.30. The van der Waals surface area contributed by atoms with Crippen LogP contribution in [-0.4, -0.2) is 17.2 Å². The molecular weight excluding hydrogens is 210 g/mol. The molecule has 1 unspecified atom stereocenters. The predicted molar refractivity (Wildman–Crippen MR) is 56.6 cm³/mol. The molecule has 84 valence electrons. The first-order valence-electron chi connectivity index (χ1n) is 4.51. The second kappa shape index (κ2) is 5.55. The van der Waals surface area contributed by atoms with Crippen molar-refractivity contribution in [2.45, 2.75) is 6.04 Å². The normalized spacial score (nSPS) is 11.2. The number of carbonyl (C=O) groups is 2. The number of carboxylic acids is 1. The maximum atomic E-state index is 11.1. The second-order valence-corrected chi connectivity index (χ2v) is 2.90. The van der Waals surface area contributed by atoms with Gasteiger partial charge in [-0.1, -0.05) is 36.9 Å². The highest BCUT2D eigenvalue weighted by atomic mass is 16.5. The van der Waals surface area contributed by atoms with Crippen LogP contribution in [0.25, 0.3) is 0 Å². The van der Waals surface area contributed by atoms with Crippen LogP contribution in [-0.2, 0) is 9.53 Å². The Kier molecular flexibility index (Phi) is 4.08. The molecule has 1 aromatic rings. The first kappa shape index (κ1) is 11.8. The minimum absolute atomic E-state index is 0.469. The van der Waals surface area contributed by atoms with Gasteiger partial charge in [-0.3, -0.25) is 0 Å². The zero-order chi connectivity index (χ0) is 12.0. The first-order valence-corrected chi connectivity index (χ1v) is 4.51. The molecule has 0 fully saturated rings. The highest BCUT2D eigenvalue weighted by molar-refractivity contribution is 5.81. The molecule has 0 saturated carbocycles. The molecule has 16 heavy (non-hydrogen) atoms. The minimum Gasteiger partial charge on any atom is -0.479 e. The lowest BCUT2D eigenvalue weighted by atomic mass is 10.1. The highest BCUT2D eigenvalue weighted by Gasteiger charge is 2.21. The summed E-state index contributed by atoms with van der Waals surface area (Å²) in [6, 6.07) is 7.20. The third-order valence-electron chi connectivity index (χ3n) is 1.83. The lowest BCUT2D eigenvalue weighted by molar-refractivity contribution is -0.139. The fourth-order valence-corrected chi connectivity index (χ4v) is 1.16. The monoisotopic (exact) mass is 221 g/mol. The molecule has 0 radical (unpaired) electrons. The van der Waals surface area contributed by atoms with E-state index in [1.807, 2.05) is 0 Å². The first-order chi connectivity index (χ1) is 7.65. The third kappa shape index (κ3) is 3.13. The van der Waals surface area contributed by atoms with Crippen LogP contribution in [0.4, 0.5) is 4.79 Å². The third-order valence-corrected chi connectivity index (χ3v) is 1.83. The Bertz CT molecular complexity index is 388. The van der Waals surface area contributed by atoms with Crippen LogP contribution >= 0.6 is 0 Å². The van der Waals surface area contributed by atoms with E-state index in [1.54, 1.807) is 30.3 Å². The molecule has 0 aromatic heterocycles. The molecule has 1 aromatic carbocycles. The molecule has 1 atom stereocenters. The van der Waals surface area contributed by atoms with Gasteiger partial charge in [0.05, 0.1) is 6.26 Å². The van der Waals surface area contributed by atoms with Crippen LogP contribution in [0.15, 0.2) is 43.2 Å². The van der Waals surface area contributed by atoms with Gasteiger partial charge in [-0.2, -0.15) is 0 Å². The summed E-state index contributed by atoms with van der Waals surface area (Å²) >= 11 is 0. The summed E-state index contributed by atoms with van der Waals surface area (Å²) in [7, 11) is 0. The summed E-state index contributed by atoms with van der Waals surface area (Å²) in [4.78, 5) is 22.0. The number of ether oxygens (including phenoxy) is 1. The standard InChI is InChI=1S/C11H11NO4/c1-2-16-11(15)12-9(10(13)14)8-6-4-3-5-7-8/h2-7,9H,1H2,(H,12,15)(H,13,14). The number of aliphatic carboxylic acids is 1. The van der Waals surface area contributed by atoms with Crippen LogP contribution in [0.3, 0.4) is 0 Å². The molecule has 0 saturated heterocycles. The van der Waals surface area contributed by atoms with Crippen molar-refractivity contribution < 1.29 is 19.4 Å². The maximum absolute atomic E-state index is 11.1. The van der Waals surface area contributed by atoms with Gasteiger partial charge in [0.25, 0.3) is 0 Å². The number of carbonyl (C=O) groups excluding carboxylic acids is 1. The van der Waals surface area contributed by atoms with Gasteiger partial charge in [-0.25, -0.2) is 9.59 Å². The van der Waals surface area contributed by atoms with Crippen molar-refractivity contribution in [2.75, 3.05) is 0 Å². The summed E-state index contributed by atoms with van der Waals surface area (Å²) in [5.74, 6) is -1.16. The number of amides is 1. The number of rotatable bonds is 4. The molecule has 5 nitrogen and oxygen atoms in total. The Morgan fingerprint density at radius 3 is 2.50 bits per heavy atom. The molecular formula is C11H11NO4. The number of nitrogens with one attached hydrogen (secondary N) is 1. The van der Waals surface area contributed by atoms with Gasteiger partial charge in [0.15, 0.2) is 6.04 Å². The van der Waals surface area contributed by atoms with E-state index in [9.17, 15) is 9.59 Å². The summed E-state index contributed by atoms with van der Waals surface area (Å²) in [6.07, 6.45) is 0.0745. The second-order valence-electron chi connectivity index (χ2n) is 2.90. The van der Waals surface area contributed by atoms with Crippen LogP contribution in [0.2, 0.25) is 0 Å². The zero-order valence-corrected chi connectivity index (χ0v) is 8.42. The average molecular weight is 221 g/mol. The summed E-state index contributed by atoms with van der Waals surface area (Å²) in [5.41, 5.74) is 0.469. The lowest BCUT2D eigenvalue weighted by Crippen LogP contribution is -2.33. The smallest absolute Gasteiger partial charge is 0.412 e. The predicted octanol–water partition coefficient (Wildman–Crippen LogP) is 1.68. The van der Waals surface area contributed by atoms with Crippen molar-refractivity contribution in [3.63, 3.8) is 0 Å². The van der Waals surface area contributed by atoms with E-state index in [-0.39, 0.29) is 0 Å². The minimum atomic E-state index is -1.16. The molecule has 1 amide bonds. The molecule has 2 N–H and O–H groups in total. The topological polar surface area (TPSA) is 75.6 Å². The number of alkyl carbamates (subject to hydrolysis) is 1. The van der Waals surface area contributed by atoms with Gasteiger partial charge in [0.2, 0.25) is 0 Å². The Morgan fingerprint density at radius 1 is 1.38 bits per heavy atom. The van der Waals surface area contributed by atoms with E-state index in [0.717, 1.165) is 6.26 Å². The lowest BCUT2D eigenvalue weighted by Gasteiger charge is -2.13. The van der Waals surface area contributed by atoms with E-state index in [2.05, 4.69) is 16.6 Å².